The van der Waals surface area contributed by atoms with E-state index in [1.54, 1.807) is 35.6 Å². The highest BCUT2D eigenvalue weighted by Crippen LogP contribution is 2.35. The van der Waals surface area contributed by atoms with Crippen LogP contribution in [0.25, 0.3) is 20.4 Å². The van der Waals surface area contributed by atoms with Crippen molar-refractivity contribution in [2.24, 2.45) is 0 Å². The number of nitrogens with one attached hydrogen (secondary N) is 1. The van der Waals surface area contributed by atoms with Crippen molar-refractivity contribution in [1.82, 2.24) is 9.97 Å². The number of fused-ring (bicyclic) bond motifs is 3. The van der Waals surface area contributed by atoms with Crippen molar-refractivity contribution >= 4 is 64.0 Å². The van der Waals surface area contributed by atoms with Crippen LogP contribution in [0.15, 0.2) is 41.3 Å². The maximum absolute atomic E-state index is 12.4. The van der Waals surface area contributed by atoms with E-state index in [4.69, 9.17) is 0 Å². The van der Waals surface area contributed by atoms with Gasteiger partial charge in [-0.3, -0.25) is 4.79 Å². The maximum atomic E-state index is 12.4. The number of hydrogen-bond donors (Lipinski definition) is 1. The summed E-state index contributed by atoms with van der Waals surface area (Å²) in [6.45, 7) is 3.87. The number of aryl methyl sites for hydroxylation is 2. The lowest BCUT2D eigenvalue weighted by atomic mass is 10.2. The fourth-order valence-corrected chi connectivity index (χ4v) is 6.34. The summed E-state index contributed by atoms with van der Waals surface area (Å²) in [4.78, 5) is 21.5. The number of rotatable bonds is 6. The molecule has 4 aromatic rings. The van der Waals surface area contributed by atoms with Gasteiger partial charge in [0.2, 0.25) is 5.91 Å². The van der Waals surface area contributed by atoms with Crippen molar-refractivity contribution in [3.05, 3.63) is 47.0 Å². The molecule has 2 aromatic heterocycles. The van der Waals surface area contributed by atoms with E-state index in [0.717, 1.165) is 31.0 Å². The Balaban J connectivity index is 1.39. The zero-order chi connectivity index (χ0) is 20.6. The molecule has 0 bridgehead atoms. The van der Waals surface area contributed by atoms with Gasteiger partial charge in [-0.15, -0.1) is 11.3 Å². The zero-order valence-electron chi connectivity index (χ0n) is 15.9. The van der Waals surface area contributed by atoms with Crippen LogP contribution in [0.2, 0.25) is 0 Å². The van der Waals surface area contributed by atoms with Crippen molar-refractivity contribution in [2.75, 3.05) is 11.1 Å². The van der Waals surface area contributed by atoms with Crippen LogP contribution in [0.3, 0.4) is 0 Å². The van der Waals surface area contributed by atoms with Crippen LogP contribution in [-0.2, 0) is 14.6 Å². The molecule has 0 spiro atoms. The first-order valence-electron chi connectivity index (χ1n) is 9.08. The first-order valence-corrected chi connectivity index (χ1v) is 12.4. The van der Waals surface area contributed by atoms with Crippen molar-refractivity contribution in [3.8, 4) is 0 Å². The molecule has 0 aliphatic carbocycles. The maximum Gasteiger partial charge on any atom is 0.226 e. The molecule has 1 N–H and O–H groups in total. The lowest BCUT2D eigenvalue weighted by molar-refractivity contribution is -0.116. The second-order valence-corrected chi connectivity index (χ2v) is 11.1. The summed E-state index contributed by atoms with van der Waals surface area (Å²) in [7, 11) is -3.39. The summed E-state index contributed by atoms with van der Waals surface area (Å²) >= 11 is 3.02. The predicted molar refractivity (Wildman–Crippen MR) is 119 cm³/mol. The van der Waals surface area contributed by atoms with E-state index in [2.05, 4.69) is 15.3 Å². The van der Waals surface area contributed by atoms with Crippen LogP contribution in [0.5, 0.6) is 0 Å². The minimum Gasteiger partial charge on any atom is -0.302 e. The van der Waals surface area contributed by atoms with Gasteiger partial charge in [0.15, 0.2) is 15.0 Å². The highest BCUT2D eigenvalue weighted by Gasteiger charge is 2.16. The van der Waals surface area contributed by atoms with Gasteiger partial charge in [-0.1, -0.05) is 29.0 Å². The molecule has 0 aliphatic heterocycles. The Morgan fingerprint density at radius 1 is 0.966 bits per heavy atom. The smallest absolute Gasteiger partial charge is 0.226 e. The highest BCUT2D eigenvalue weighted by atomic mass is 32.2. The number of hydrogen-bond acceptors (Lipinski definition) is 7. The summed E-state index contributed by atoms with van der Waals surface area (Å²) in [6.07, 6.45) is 0.376. The number of benzene rings is 2. The Morgan fingerprint density at radius 2 is 1.62 bits per heavy atom. The standard InChI is InChI=1S/C20H19N3O3S3/c1-12-5-7-14(8-6-12)29(25,26)11-3-4-17(24)23-20-22-16-10-9-15-18(19(16)28-20)27-13(2)21-15/h5-10H,3-4,11H2,1-2H3,(H,22,23,24). The van der Waals surface area contributed by atoms with Crippen LogP contribution in [0.1, 0.15) is 23.4 Å². The van der Waals surface area contributed by atoms with Gasteiger partial charge in [0.05, 0.1) is 36.1 Å². The van der Waals surface area contributed by atoms with Crippen LogP contribution in [0.4, 0.5) is 5.13 Å². The molecule has 0 radical (unpaired) electrons. The number of anilines is 1. The van der Waals surface area contributed by atoms with Gasteiger partial charge in [0, 0.05) is 6.42 Å². The molecule has 0 unspecified atom stereocenters. The molecule has 4 rings (SSSR count). The minimum absolute atomic E-state index is 0.0654. The molecule has 2 aromatic carbocycles. The number of carbonyl (C=O) groups excluding carboxylic acids is 1. The summed E-state index contributed by atoms with van der Waals surface area (Å²) in [5.41, 5.74) is 2.76. The third kappa shape index (κ3) is 4.31. The van der Waals surface area contributed by atoms with Crippen LogP contribution in [0, 0.1) is 13.8 Å². The van der Waals surface area contributed by atoms with Crippen molar-refractivity contribution in [1.29, 1.82) is 0 Å². The molecule has 9 heteroatoms. The molecular formula is C20H19N3O3S3. The van der Waals surface area contributed by atoms with Crippen molar-refractivity contribution in [3.63, 3.8) is 0 Å². The van der Waals surface area contributed by atoms with E-state index in [1.165, 1.54) is 11.3 Å². The van der Waals surface area contributed by atoms with Gasteiger partial charge in [-0.2, -0.15) is 0 Å². The molecule has 6 nitrogen and oxygen atoms in total. The molecule has 0 fully saturated rings. The Morgan fingerprint density at radius 3 is 2.34 bits per heavy atom. The Kier molecular flexibility index (Phi) is 5.37. The van der Waals surface area contributed by atoms with Gasteiger partial charge in [0.1, 0.15) is 0 Å². The first kappa shape index (κ1) is 19.9. The van der Waals surface area contributed by atoms with E-state index in [0.29, 0.717) is 10.0 Å². The Hall–Kier alpha value is -2.36. The third-order valence-electron chi connectivity index (χ3n) is 4.46. The molecule has 29 heavy (non-hydrogen) atoms. The Labute approximate surface area is 176 Å². The van der Waals surface area contributed by atoms with E-state index < -0.39 is 9.84 Å². The van der Waals surface area contributed by atoms with E-state index in [1.807, 2.05) is 26.0 Å². The van der Waals surface area contributed by atoms with E-state index in [9.17, 15) is 13.2 Å². The molecule has 0 aliphatic rings. The molecule has 2 heterocycles. The van der Waals surface area contributed by atoms with Crippen LogP contribution < -0.4 is 5.32 Å². The number of carbonyl (C=O) groups is 1. The summed E-state index contributed by atoms with van der Waals surface area (Å²) < 4.78 is 26.8. The molecule has 150 valence electrons. The fraction of sp³-hybridized carbons (Fsp3) is 0.250. The number of amides is 1. The van der Waals surface area contributed by atoms with Gasteiger partial charge in [-0.25, -0.2) is 18.4 Å². The average molecular weight is 446 g/mol. The third-order valence-corrected chi connectivity index (χ3v) is 8.42. The van der Waals surface area contributed by atoms with Crippen molar-refractivity contribution in [2.45, 2.75) is 31.6 Å². The van der Waals surface area contributed by atoms with Gasteiger partial charge in [-0.05, 0) is 44.5 Å². The SMILES string of the molecule is Cc1ccc(S(=O)(=O)CCCC(=O)Nc2nc3ccc4nc(C)sc4c3s2)cc1. The predicted octanol–water partition coefficient (Wildman–Crippen LogP) is 4.72. The summed E-state index contributed by atoms with van der Waals surface area (Å²) in [5.74, 6) is -0.302. The fourth-order valence-electron chi connectivity index (χ4n) is 3.01. The number of thiazole rings is 2. The van der Waals surface area contributed by atoms with Crippen molar-refractivity contribution < 1.29 is 13.2 Å². The summed E-state index contributed by atoms with van der Waals surface area (Å²) in [6, 6.07) is 10.6. The molecule has 0 saturated heterocycles. The molecule has 0 saturated carbocycles. The second kappa shape index (κ2) is 7.81. The first-order chi connectivity index (χ1) is 13.8. The number of sulfone groups is 1. The summed E-state index contributed by atoms with van der Waals surface area (Å²) in [5, 5.41) is 4.30. The number of nitrogens with zero attached hydrogens (tertiary/aromatic N) is 2. The lowest BCUT2D eigenvalue weighted by Gasteiger charge is -2.05. The van der Waals surface area contributed by atoms with Crippen LogP contribution in [-0.4, -0.2) is 30.0 Å². The number of aromatic nitrogens is 2. The molecule has 0 atom stereocenters. The van der Waals surface area contributed by atoms with Gasteiger partial charge < -0.3 is 5.32 Å². The average Bonchev–Trinajstić information content (AvgIpc) is 3.23. The normalized spacial score (nSPS) is 11.9. The Bertz CT molecular complexity index is 1310. The molecular weight excluding hydrogens is 426 g/mol. The monoisotopic (exact) mass is 445 g/mol. The quantitative estimate of drug-likeness (QED) is 0.464. The second-order valence-electron chi connectivity index (χ2n) is 6.80. The lowest BCUT2D eigenvalue weighted by Crippen LogP contribution is -2.14. The van der Waals surface area contributed by atoms with E-state index in [-0.39, 0.29) is 24.5 Å². The van der Waals surface area contributed by atoms with E-state index >= 15 is 0 Å². The van der Waals surface area contributed by atoms with Gasteiger partial charge in [0.25, 0.3) is 0 Å². The molecule has 1 amide bonds. The topological polar surface area (TPSA) is 89.0 Å². The highest BCUT2D eigenvalue weighted by molar-refractivity contribution is 7.91. The minimum atomic E-state index is -3.39. The largest absolute Gasteiger partial charge is 0.302 e. The zero-order valence-corrected chi connectivity index (χ0v) is 18.4. The van der Waals surface area contributed by atoms with Crippen LogP contribution >= 0.6 is 22.7 Å². The van der Waals surface area contributed by atoms with Gasteiger partial charge >= 0.3 is 0 Å².